The predicted molar refractivity (Wildman–Crippen MR) is 74.1 cm³/mol. The maximum Gasteiger partial charge on any atom is 0.0461 e. The maximum absolute atomic E-state index is 3.83. The fourth-order valence-corrected chi connectivity index (χ4v) is 1.54. The van der Waals surface area contributed by atoms with Crippen molar-refractivity contribution >= 4 is 18.2 Å². The molecule has 0 saturated carbocycles. The lowest BCUT2D eigenvalue weighted by molar-refractivity contribution is 1.32. The van der Waals surface area contributed by atoms with Crippen LogP contribution in [0.3, 0.4) is 0 Å². The Morgan fingerprint density at radius 3 is 2.00 bits per heavy atom. The molecule has 1 heterocycles. The molecule has 0 radical (unpaired) electrons. The molecule has 1 aromatic rings. The highest BCUT2D eigenvalue weighted by Gasteiger charge is 2.06. The van der Waals surface area contributed by atoms with Crippen molar-refractivity contribution in [2.45, 2.75) is 6.92 Å². The molecule has 0 spiro atoms. The van der Waals surface area contributed by atoms with E-state index >= 15 is 0 Å². The van der Waals surface area contributed by atoms with Gasteiger partial charge in [0.1, 0.15) is 0 Å². The Bertz CT molecular complexity index is 456. The van der Waals surface area contributed by atoms with Crippen LogP contribution in [0.25, 0.3) is 18.2 Å². The van der Waals surface area contributed by atoms with Gasteiger partial charge in [0.15, 0.2) is 0 Å². The number of hydrogen-bond acceptors (Lipinski definition) is 0. The highest BCUT2D eigenvalue weighted by atomic mass is 14.7. The molecule has 1 heteroatoms. The van der Waals surface area contributed by atoms with Crippen LogP contribution in [0.1, 0.15) is 22.5 Å². The van der Waals surface area contributed by atoms with E-state index in [-0.39, 0.29) is 0 Å². The Morgan fingerprint density at radius 2 is 1.50 bits per heavy atom. The lowest BCUT2D eigenvalue weighted by Crippen LogP contribution is -1.76. The summed E-state index contributed by atoms with van der Waals surface area (Å²) in [4.78, 5) is 3.33. The highest BCUT2D eigenvalue weighted by Crippen LogP contribution is 2.21. The van der Waals surface area contributed by atoms with Crippen LogP contribution in [0.5, 0.6) is 0 Å². The second-order valence-electron chi connectivity index (χ2n) is 3.38. The molecule has 0 bridgehead atoms. The molecule has 1 aromatic heterocycles. The Balaban J connectivity index is 3.23. The zero-order valence-electron chi connectivity index (χ0n) is 9.66. The molecule has 0 atom stereocenters. The molecule has 0 saturated heterocycles. The molecule has 1 rings (SSSR count). The summed E-state index contributed by atoms with van der Waals surface area (Å²) < 4.78 is 0. The fraction of sp³-hybridized carbons (Fsp3) is 0.0667. The largest absolute Gasteiger partial charge is 0.355 e. The number of aromatic amines is 1. The minimum Gasteiger partial charge on any atom is -0.355 e. The molecule has 82 valence electrons. The van der Waals surface area contributed by atoms with Gasteiger partial charge in [-0.3, -0.25) is 0 Å². The minimum atomic E-state index is 1.05. The van der Waals surface area contributed by atoms with Gasteiger partial charge >= 0.3 is 0 Å². The first-order chi connectivity index (χ1) is 7.74. The number of H-pyrrole nitrogens is 1. The summed E-state index contributed by atoms with van der Waals surface area (Å²) in [5.41, 5.74) is 4.45. The van der Waals surface area contributed by atoms with Gasteiger partial charge in [-0.15, -0.1) is 0 Å². The van der Waals surface area contributed by atoms with Crippen molar-refractivity contribution in [3.05, 3.63) is 66.6 Å². The standard InChI is InChI=1S/C15H17N/c1-5-8-10-14-12(4)13(7-3)15(16-14)11-9-6-2/h5-11,16H,1-3H2,4H3/b10-8-,11-9-. The number of nitrogens with one attached hydrogen (secondary N) is 1. The van der Waals surface area contributed by atoms with E-state index in [1.54, 1.807) is 12.2 Å². The lowest BCUT2D eigenvalue weighted by atomic mass is 10.1. The third-order valence-corrected chi connectivity index (χ3v) is 2.37. The smallest absolute Gasteiger partial charge is 0.0461 e. The predicted octanol–water partition coefficient (Wildman–Crippen LogP) is 4.36. The van der Waals surface area contributed by atoms with Gasteiger partial charge in [-0.05, 0) is 24.6 Å². The van der Waals surface area contributed by atoms with Crippen molar-refractivity contribution in [3.8, 4) is 0 Å². The molecule has 0 unspecified atom stereocenters. The SMILES string of the molecule is C=C/C=C\c1[nH]c(/C=C\C=C)c(C=C)c1C. The molecule has 0 aliphatic rings. The van der Waals surface area contributed by atoms with Crippen LogP contribution >= 0.6 is 0 Å². The lowest BCUT2D eigenvalue weighted by Gasteiger charge is -1.92. The number of aromatic nitrogens is 1. The van der Waals surface area contributed by atoms with E-state index in [9.17, 15) is 0 Å². The van der Waals surface area contributed by atoms with Gasteiger partial charge < -0.3 is 4.98 Å². The Kier molecular flexibility index (Phi) is 4.34. The van der Waals surface area contributed by atoms with Gasteiger partial charge in [-0.2, -0.15) is 0 Å². The van der Waals surface area contributed by atoms with E-state index < -0.39 is 0 Å². The zero-order chi connectivity index (χ0) is 12.0. The topological polar surface area (TPSA) is 15.8 Å². The number of hydrogen-bond donors (Lipinski definition) is 1. The zero-order valence-corrected chi connectivity index (χ0v) is 9.66. The van der Waals surface area contributed by atoms with E-state index in [0.717, 1.165) is 17.0 Å². The maximum atomic E-state index is 3.83. The van der Waals surface area contributed by atoms with Crippen LogP contribution in [0, 0.1) is 6.92 Å². The van der Waals surface area contributed by atoms with E-state index in [4.69, 9.17) is 0 Å². The third-order valence-electron chi connectivity index (χ3n) is 2.37. The van der Waals surface area contributed by atoms with Crippen LogP contribution in [0.2, 0.25) is 0 Å². The van der Waals surface area contributed by atoms with Crippen LogP contribution in [-0.2, 0) is 0 Å². The van der Waals surface area contributed by atoms with Crippen LogP contribution in [0.4, 0.5) is 0 Å². The van der Waals surface area contributed by atoms with Gasteiger partial charge in [0.05, 0.1) is 0 Å². The molecule has 0 aliphatic heterocycles. The van der Waals surface area contributed by atoms with Crippen LogP contribution < -0.4 is 0 Å². The summed E-state index contributed by atoms with van der Waals surface area (Å²) in [6.45, 7) is 13.2. The molecule has 1 nitrogen and oxygen atoms in total. The summed E-state index contributed by atoms with van der Waals surface area (Å²) in [6, 6.07) is 0. The van der Waals surface area contributed by atoms with Crippen LogP contribution in [-0.4, -0.2) is 4.98 Å². The van der Waals surface area contributed by atoms with Gasteiger partial charge in [0.25, 0.3) is 0 Å². The Hall–Kier alpha value is -2.02. The molecule has 0 aliphatic carbocycles. The number of rotatable bonds is 5. The Labute approximate surface area is 97.2 Å². The average molecular weight is 211 g/mol. The van der Waals surface area contributed by atoms with E-state index in [1.165, 1.54) is 5.56 Å². The van der Waals surface area contributed by atoms with E-state index in [1.807, 2.05) is 30.4 Å². The van der Waals surface area contributed by atoms with Gasteiger partial charge in [0, 0.05) is 17.0 Å². The first-order valence-corrected chi connectivity index (χ1v) is 5.17. The van der Waals surface area contributed by atoms with Crippen molar-refractivity contribution in [3.63, 3.8) is 0 Å². The summed E-state index contributed by atoms with van der Waals surface area (Å²) in [6.07, 6.45) is 13.2. The fourth-order valence-electron chi connectivity index (χ4n) is 1.54. The van der Waals surface area contributed by atoms with Crippen molar-refractivity contribution < 1.29 is 0 Å². The molecule has 16 heavy (non-hydrogen) atoms. The van der Waals surface area contributed by atoms with Gasteiger partial charge in [-0.1, -0.05) is 50.1 Å². The van der Waals surface area contributed by atoms with E-state index in [0.29, 0.717) is 0 Å². The normalized spacial score (nSPS) is 11.1. The quantitative estimate of drug-likeness (QED) is 0.696. The molecular formula is C15H17N. The molecule has 0 fully saturated rings. The second-order valence-corrected chi connectivity index (χ2v) is 3.38. The first kappa shape index (κ1) is 12.1. The average Bonchev–Trinajstić information content (AvgIpc) is 2.60. The molecule has 0 aromatic carbocycles. The molecule has 0 amide bonds. The molecule has 1 N–H and O–H groups in total. The van der Waals surface area contributed by atoms with Crippen molar-refractivity contribution in [2.75, 3.05) is 0 Å². The van der Waals surface area contributed by atoms with Crippen LogP contribution in [0.15, 0.2) is 44.0 Å². The summed E-state index contributed by atoms with van der Waals surface area (Å²) in [5, 5.41) is 0. The summed E-state index contributed by atoms with van der Waals surface area (Å²) in [5.74, 6) is 0. The van der Waals surface area contributed by atoms with E-state index in [2.05, 4.69) is 31.6 Å². The summed E-state index contributed by atoms with van der Waals surface area (Å²) in [7, 11) is 0. The molecular weight excluding hydrogens is 194 g/mol. The first-order valence-electron chi connectivity index (χ1n) is 5.17. The van der Waals surface area contributed by atoms with Crippen molar-refractivity contribution in [1.29, 1.82) is 0 Å². The van der Waals surface area contributed by atoms with Crippen molar-refractivity contribution in [2.24, 2.45) is 0 Å². The van der Waals surface area contributed by atoms with Gasteiger partial charge in [0.2, 0.25) is 0 Å². The van der Waals surface area contributed by atoms with Gasteiger partial charge in [-0.25, -0.2) is 0 Å². The van der Waals surface area contributed by atoms with Crippen molar-refractivity contribution in [1.82, 2.24) is 4.98 Å². The number of allylic oxidation sites excluding steroid dienone is 4. The highest BCUT2D eigenvalue weighted by molar-refractivity contribution is 5.71. The minimum absolute atomic E-state index is 1.05. The Morgan fingerprint density at radius 1 is 0.938 bits per heavy atom. The second kappa shape index (κ2) is 5.76. The monoisotopic (exact) mass is 211 g/mol. The summed E-state index contributed by atoms with van der Waals surface area (Å²) >= 11 is 0. The third kappa shape index (κ3) is 2.51.